The maximum atomic E-state index is 12.6. The molecule has 1 aromatic rings. The molecular weight excluding hydrogens is 286 g/mol. The summed E-state index contributed by atoms with van der Waals surface area (Å²) < 4.78 is 0. The fourth-order valence-corrected chi connectivity index (χ4v) is 2.07. The molecule has 7 heteroatoms. The number of anilines is 1. The van der Waals surface area contributed by atoms with E-state index >= 15 is 0 Å². The molecule has 7 nitrogen and oxygen atoms in total. The molecule has 1 rings (SSSR count). The zero-order valence-electron chi connectivity index (χ0n) is 12.5. The number of carbonyl (C=O) groups is 3. The second-order valence-corrected chi connectivity index (χ2v) is 4.86. The molecular formula is C15H21N3O4. The molecule has 0 aliphatic carbocycles. The van der Waals surface area contributed by atoms with E-state index in [0.717, 1.165) is 11.3 Å². The van der Waals surface area contributed by atoms with Crippen LogP contribution in [0.3, 0.4) is 0 Å². The Morgan fingerprint density at radius 1 is 1.27 bits per heavy atom. The van der Waals surface area contributed by atoms with Gasteiger partial charge >= 0.3 is 12.0 Å². The highest BCUT2D eigenvalue weighted by Gasteiger charge is 2.27. The van der Waals surface area contributed by atoms with Crippen LogP contribution in [0.4, 0.5) is 10.5 Å². The fourth-order valence-electron chi connectivity index (χ4n) is 2.07. The number of unbranched alkanes of at least 4 members (excludes halogenated alkanes) is 1. The second-order valence-electron chi connectivity index (χ2n) is 4.86. The van der Waals surface area contributed by atoms with Crippen LogP contribution in [0.2, 0.25) is 0 Å². The number of benzene rings is 1. The number of nitrogens with zero attached hydrogens (tertiary/aromatic N) is 1. The van der Waals surface area contributed by atoms with Gasteiger partial charge < -0.3 is 16.2 Å². The Morgan fingerprint density at radius 3 is 2.41 bits per heavy atom. The Labute approximate surface area is 129 Å². The van der Waals surface area contributed by atoms with Gasteiger partial charge in [0, 0.05) is 5.69 Å². The van der Waals surface area contributed by atoms with Gasteiger partial charge in [-0.15, -0.1) is 0 Å². The highest BCUT2D eigenvalue weighted by molar-refractivity contribution is 6.01. The highest BCUT2D eigenvalue weighted by atomic mass is 16.4. The first-order chi connectivity index (χ1) is 10.5. The number of nitrogens with two attached hydrogens (primary N) is 1. The van der Waals surface area contributed by atoms with E-state index < -0.39 is 30.5 Å². The van der Waals surface area contributed by atoms with Crippen molar-refractivity contribution in [1.29, 1.82) is 0 Å². The van der Waals surface area contributed by atoms with E-state index in [1.807, 2.05) is 6.92 Å². The van der Waals surface area contributed by atoms with Gasteiger partial charge in [-0.1, -0.05) is 38.0 Å². The molecule has 0 aromatic heterocycles. The van der Waals surface area contributed by atoms with E-state index in [4.69, 9.17) is 10.8 Å². The molecule has 0 radical (unpaired) electrons. The number of hydrogen-bond acceptors (Lipinski definition) is 3. The van der Waals surface area contributed by atoms with Crippen molar-refractivity contribution in [3.8, 4) is 0 Å². The van der Waals surface area contributed by atoms with E-state index in [1.54, 1.807) is 30.3 Å². The molecule has 1 aromatic carbocycles. The molecule has 1 unspecified atom stereocenters. The molecule has 0 aliphatic rings. The average molecular weight is 307 g/mol. The third kappa shape index (κ3) is 5.43. The van der Waals surface area contributed by atoms with Crippen molar-refractivity contribution >= 4 is 23.6 Å². The average Bonchev–Trinajstić information content (AvgIpc) is 2.48. The SMILES string of the molecule is CCCCC(NC(N)=O)C(=O)N(CC(=O)O)c1ccccc1. The number of primary amides is 1. The summed E-state index contributed by atoms with van der Waals surface area (Å²) in [6, 6.07) is 6.82. The predicted molar refractivity (Wildman–Crippen MR) is 82.5 cm³/mol. The maximum Gasteiger partial charge on any atom is 0.323 e. The standard InChI is InChI=1S/C15H21N3O4/c1-2-3-9-12(17-15(16)22)14(21)18(10-13(19)20)11-7-5-4-6-8-11/h4-8,12H,2-3,9-10H2,1H3,(H,19,20)(H3,16,17,22). The van der Waals surface area contributed by atoms with Crippen molar-refractivity contribution in [3.05, 3.63) is 30.3 Å². The minimum absolute atomic E-state index is 0.404. The van der Waals surface area contributed by atoms with Crippen LogP contribution < -0.4 is 16.0 Å². The zero-order chi connectivity index (χ0) is 16.5. The van der Waals surface area contributed by atoms with Gasteiger partial charge in [0.05, 0.1) is 0 Å². The Kier molecular flexibility index (Phi) is 6.88. The van der Waals surface area contributed by atoms with Crippen LogP contribution in [0.25, 0.3) is 0 Å². The smallest absolute Gasteiger partial charge is 0.323 e. The van der Waals surface area contributed by atoms with E-state index in [2.05, 4.69) is 5.32 Å². The Hall–Kier alpha value is -2.57. The summed E-state index contributed by atoms with van der Waals surface area (Å²) in [6.07, 6.45) is 1.96. The third-order valence-electron chi connectivity index (χ3n) is 3.09. The van der Waals surface area contributed by atoms with Crippen molar-refractivity contribution in [2.24, 2.45) is 5.73 Å². The van der Waals surface area contributed by atoms with Crippen LogP contribution in [-0.4, -0.2) is 35.6 Å². The molecule has 0 heterocycles. The van der Waals surface area contributed by atoms with Crippen molar-refractivity contribution in [1.82, 2.24) is 5.32 Å². The quantitative estimate of drug-likeness (QED) is 0.672. The molecule has 22 heavy (non-hydrogen) atoms. The Bertz CT molecular complexity index is 519. The second kappa shape index (κ2) is 8.66. The number of para-hydroxylation sites is 1. The molecule has 0 spiro atoms. The molecule has 0 saturated heterocycles. The van der Waals surface area contributed by atoms with Crippen molar-refractivity contribution in [2.45, 2.75) is 32.2 Å². The number of nitrogens with one attached hydrogen (secondary N) is 1. The lowest BCUT2D eigenvalue weighted by atomic mass is 10.1. The van der Waals surface area contributed by atoms with E-state index in [0.29, 0.717) is 18.5 Å². The molecule has 1 atom stereocenters. The number of carboxylic acids is 1. The number of amides is 3. The Balaban J connectivity index is 3.01. The third-order valence-corrected chi connectivity index (χ3v) is 3.09. The molecule has 0 bridgehead atoms. The fraction of sp³-hybridized carbons (Fsp3) is 0.400. The van der Waals surface area contributed by atoms with Crippen LogP contribution in [0, 0.1) is 0 Å². The first-order valence-corrected chi connectivity index (χ1v) is 7.10. The van der Waals surface area contributed by atoms with Crippen molar-refractivity contribution in [3.63, 3.8) is 0 Å². The van der Waals surface area contributed by atoms with Crippen LogP contribution in [0.15, 0.2) is 30.3 Å². The van der Waals surface area contributed by atoms with Gasteiger partial charge in [0.15, 0.2) is 0 Å². The number of aliphatic carboxylic acids is 1. The van der Waals surface area contributed by atoms with Crippen LogP contribution >= 0.6 is 0 Å². The van der Waals surface area contributed by atoms with Gasteiger partial charge in [-0.25, -0.2) is 4.79 Å². The first-order valence-electron chi connectivity index (χ1n) is 7.10. The number of carbonyl (C=O) groups excluding carboxylic acids is 2. The van der Waals surface area contributed by atoms with E-state index in [1.165, 1.54) is 0 Å². The minimum Gasteiger partial charge on any atom is -0.480 e. The summed E-state index contributed by atoms with van der Waals surface area (Å²) in [5, 5.41) is 11.4. The van der Waals surface area contributed by atoms with E-state index in [-0.39, 0.29) is 0 Å². The maximum absolute atomic E-state index is 12.6. The van der Waals surface area contributed by atoms with Gasteiger partial charge in [0.1, 0.15) is 12.6 Å². The predicted octanol–water partition coefficient (Wildman–Crippen LogP) is 1.33. The topological polar surface area (TPSA) is 113 Å². The van der Waals surface area contributed by atoms with Gasteiger partial charge in [0.25, 0.3) is 0 Å². The van der Waals surface area contributed by atoms with Crippen LogP contribution in [0.1, 0.15) is 26.2 Å². The van der Waals surface area contributed by atoms with Gasteiger partial charge in [-0.3, -0.25) is 14.5 Å². The first kappa shape index (κ1) is 17.5. The van der Waals surface area contributed by atoms with Crippen LogP contribution in [0.5, 0.6) is 0 Å². The molecule has 0 fully saturated rings. The lowest BCUT2D eigenvalue weighted by molar-refractivity contribution is -0.136. The monoisotopic (exact) mass is 307 g/mol. The van der Waals surface area contributed by atoms with Gasteiger partial charge in [0.2, 0.25) is 5.91 Å². The summed E-state index contributed by atoms with van der Waals surface area (Å²) in [5.74, 6) is -1.62. The minimum atomic E-state index is -1.13. The molecule has 4 N–H and O–H groups in total. The van der Waals surface area contributed by atoms with E-state index in [9.17, 15) is 14.4 Å². The lowest BCUT2D eigenvalue weighted by Gasteiger charge is -2.26. The zero-order valence-corrected chi connectivity index (χ0v) is 12.5. The molecule has 3 amide bonds. The van der Waals surface area contributed by atoms with Gasteiger partial charge in [-0.2, -0.15) is 0 Å². The summed E-state index contributed by atoms with van der Waals surface area (Å²) in [6.45, 7) is 1.48. The molecule has 120 valence electrons. The normalized spacial score (nSPS) is 11.5. The molecule has 0 saturated carbocycles. The number of hydrogen-bond donors (Lipinski definition) is 3. The largest absolute Gasteiger partial charge is 0.480 e. The highest BCUT2D eigenvalue weighted by Crippen LogP contribution is 2.16. The Morgan fingerprint density at radius 2 is 1.91 bits per heavy atom. The summed E-state index contributed by atoms with van der Waals surface area (Å²) in [5.41, 5.74) is 5.57. The number of carboxylic acid groups (broad SMARTS) is 1. The molecule has 0 aliphatic heterocycles. The summed E-state index contributed by atoms with van der Waals surface area (Å²) in [7, 11) is 0. The number of rotatable bonds is 8. The van der Waals surface area contributed by atoms with Crippen LogP contribution in [-0.2, 0) is 9.59 Å². The van der Waals surface area contributed by atoms with Crippen molar-refractivity contribution in [2.75, 3.05) is 11.4 Å². The lowest BCUT2D eigenvalue weighted by Crippen LogP contribution is -2.51. The number of urea groups is 1. The van der Waals surface area contributed by atoms with Crippen molar-refractivity contribution < 1.29 is 19.5 Å². The summed E-state index contributed by atoms with van der Waals surface area (Å²) >= 11 is 0. The van der Waals surface area contributed by atoms with Gasteiger partial charge in [-0.05, 0) is 18.6 Å². The summed E-state index contributed by atoms with van der Waals surface area (Å²) in [4.78, 5) is 35.9.